The van der Waals surface area contributed by atoms with Crippen molar-refractivity contribution in [3.8, 4) is 0 Å². The van der Waals surface area contributed by atoms with Crippen LogP contribution >= 0.6 is 0 Å². The molecule has 4 aliphatic rings. The average molecular weight is 576 g/mol. The van der Waals surface area contributed by atoms with E-state index in [0.717, 1.165) is 50.9 Å². The second-order valence-corrected chi connectivity index (χ2v) is 13.0. The van der Waals surface area contributed by atoms with Crippen LogP contribution in [-0.4, -0.2) is 44.3 Å². The van der Waals surface area contributed by atoms with Gasteiger partial charge in [0.2, 0.25) is 0 Å². The summed E-state index contributed by atoms with van der Waals surface area (Å²) in [7, 11) is 4.23. The molecule has 5 nitrogen and oxygen atoms in total. The van der Waals surface area contributed by atoms with E-state index in [1.807, 2.05) is 0 Å². The molecular formula is C37H57N3O2. The van der Waals surface area contributed by atoms with Gasteiger partial charge in [-0.2, -0.15) is 5.48 Å². The number of rotatable bonds is 15. The lowest BCUT2D eigenvalue weighted by Gasteiger charge is -2.37. The molecule has 0 saturated heterocycles. The van der Waals surface area contributed by atoms with Crippen molar-refractivity contribution in [2.45, 2.75) is 109 Å². The normalized spacial score (nSPS) is 23.6. The third-order valence-corrected chi connectivity index (χ3v) is 9.59. The number of nitrogens with zero attached hydrogens (tertiary/aromatic N) is 1. The van der Waals surface area contributed by atoms with Crippen LogP contribution in [-0.2, 0) is 9.57 Å². The van der Waals surface area contributed by atoms with Crippen LogP contribution in [0.5, 0.6) is 0 Å². The minimum absolute atomic E-state index is 0.0689. The molecule has 0 saturated carbocycles. The van der Waals surface area contributed by atoms with Gasteiger partial charge in [0.25, 0.3) is 0 Å². The van der Waals surface area contributed by atoms with E-state index < -0.39 is 0 Å². The Balaban J connectivity index is 1.34. The SMILES string of the molecule is CCCC(C)C1=CCC(C(NOC2=CC=C(/C=C/COCC3=CCCCC3)CC2)C(N)C2=CC=C(N(C)C)CC2)CC1. The van der Waals surface area contributed by atoms with Crippen molar-refractivity contribution in [1.82, 2.24) is 10.4 Å². The molecule has 0 bridgehead atoms. The van der Waals surface area contributed by atoms with Gasteiger partial charge in [-0.3, -0.25) is 0 Å². The monoisotopic (exact) mass is 575 g/mol. The molecule has 0 aromatic heterocycles. The molecule has 0 spiro atoms. The van der Waals surface area contributed by atoms with Crippen molar-refractivity contribution in [3.05, 3.63) is 82.4 Å². The first-order chi connectivity index (χ1) is 20.4. The van der Waals surface area contributed by atoms with Gasteiger partial charge in [0.1, 0.15) is 5.76 Å². The van der Waals surface area contributed by atoms with E-state index in [0.29, 0.717) is 18.4 Å². The fourth-order valence-electron chi connectivity index (χ4n) is 6.75. The van der Waals surface area contributed by atoms with Crippen LogP contribution in [0.3, 0.4) is 0 Å². The molecule has 4 atom stereocenters. The first-order valence-corrected chi connectivity index (χ1v) is 16.7. The molecule has 0 heterocycles. The number of nitrogens with two attached hydrogens (primary N) is 1. The lowest BCUT2D eigenvalue weighted by molar-refractivity contribution is 0.0390. The minimum Gasteiger partial charge on any atom is -0.413 e. The number of hydrogen-bond acceptors (Lipinski definition) is 5. The Morgan fingerprint density at radius 1 is 1.00 bits per heavy atom. The summed E-state index contributed by atoms with van der Waals surface area (Å²) in [5.74, 6) is 2.13. The van der Waals surface area contributed by atoms with Crippen molar-refractivity contribution < 1.29 is 9.57 Å². The molecule has 0 amide bonds. The molecular weight excluding hydrogens is 518 g/mol. The highest BCUT2D eigenvalue weighted by molar-refractivity contribution is 5.30. The fourth-order valence-corrected chi connectivity index (χ4v) is 6.75. The van der Waals surface area contributed by atoms with Gasteiger partial charge in [0.05, 0.1) is 19.3 Å². The van der Waals surface area contributed by atoms with E-state index in [1.165, 1.54) is 67.4 Å². The molecule has 0 fully saturated rings. The maximum atomic E-state index is 7.02. The van der Waals surface area contributed by atoms with Crippen LogP contribution in [0.1, 0.15) is 97.3 Å². The summed E-state index contributed by atoms with van der Waals surface area (Å²) < 4.78 is 5.87. The number of hydrogen-bond donors (Lipinski definition) is 2. The van der Waals surface area contributed by atoms with Crippen LogP contribution in [0.4, 0.5) is 0 Å². The summed E-state index contributed by atoms with van der Waals surface area (Å²) >= 11 is 0. The molecule has 0 radical (unpaired) electrons. The lowest BCUT2D eigenvalue weighted by atomic mass is 9.76. The van der Waals surface area contributed by atoms with E-state index in [4.69, 9.17) is 15.3 Å². The fraction of sp³-hybridized carbons (Fsp3) is 0.622. The average Bonchev–Trinajstić information content (AvgIpc) is 3.02. The Kier molecular flexibility index (Phi) is 13.2. The van der Waals surface area contributed by atoms with E-state index >= 15 is 0 Å². The summed E-state index contributed by atoms with van der Waals surface area (Å²) in [6.45, 7) is 6.11. The Bertz CT molecular complexity index is 1090. The van der Waals surface area contributed by atoms with Crippen molar-refractivity contribution in [2.24, 2.45) is 17.6 Å². The Morgan fingerprint density at radius 3 is 2.52 bits per heavy atom. The second kappa shape index (κ2) is 17.1. The van der Waals surface area contributed by atoms with Crippen molar-refractivity contribution in [1.29, 1.82) is 0 Å². The van der Waals surface area contributed by atoms with E-state index in [9.17, 15) is 0 Å². The van der Waals surface area contributed by atoms with Crippen molar-refractivity contribution >= 4 is 0 Å². The van der Waals surface area contributed by atoms with Crippen LogP contribution in [0.15, 0.2) is 82.4 Å². The van der Waals surface area contributed by atoms with Gasteiger partial charge < -0.3 is 20.2 Å². The second-order valence-electron chi connectivity index (χ2n) is 13.0. The molecule has 0 aromatic rings. The minimum atomic E-state index is -0.0689. The maximum absolute atomic E-state index is 7.02. The molecule has 4 aliphatic carbocycles. The first-order valence-electron chi connectivity index (χ1n) is 16.7. The standard InChI is InChI=1S/C37H57N3O2/c1-5-10-28(2)31-16-18-33(19-17-31)37(36(38)32-20-22-34(23-21-32)40(3)4)39-42-35-24-14-29(15-25-35)13-9-26-41-27-30-11-7-6-8-12-30/h9,11,13-14,16,20,22,24,28,33,36-37,39H,5-8,10,12,15,17-19,21,23,25-27,38H2,1-4H3/b13-9+. The van der Waals surface area contributed by atoms with Gasteiger partial charge in [-0.25, -0.2) is 0 Å². The van der Waals surface area contributed by atoms with Crippen LogP contribution < -0.4 is 11.2 Å². The Labute approximate surface area is 256 Å². The first kappa shape index (κ1) is 32.6. The summed E-state index contributed by atoms with van der Waals surface area (Å²) in [6, 6.07) is 0.00742. The molecule has 0 aromatic carbocycles. The third kappa shape index (κ3) is 9.86. The molecule has 5 heteroatoms. The predicted octanol–water partition coefficient (Wildman–Crippen LogP) is 8.21. The van der Waals surface area contributed by atoms with E-state index in [1.54, 1.807) is 5.57 Å². The molecule has 3 N–H and O–H groups in total. The zero-order chi connectivity index (χ0) is 29.7. The van der Waals surface area contributed by atoms with Crippen molar-refractivity contribution in [2.75, 3.05) is 27.3 Å². The summed E-state index contributed by atoms with van der Waals surface area (Å²) in [5.41, 5.74) is 17.6. The van der Waals surface area contributed by atoms with Crippen LogP contribution in [0.25, 0.3) is 0 Å². The molecule has 4 rings (SSSR count). The third-order valence-electron chi connectivity index (χ3n) is 9.59. The quantitative estimate of drug-likeness (QED) is 0.117. The lowest BCUT2D eigenvalue weighted by Crippen LogP contribution is -2.51. The number of ether oxygens (including phenoxy) is 1. The van der Waals surface area contributed by atoms with Gasteiger partial charge in [0, 0.05) is 32.3 Å². The van der Waals surface area contributed by atoms with Gasteiger partial charge in [0.15, 0.2) is 0 Å². The van der Waals surface area contributed by atoms with Crippen LogP contribution in [0.2, 0.25) is 0 Å². The number of allylic oxidation sites excluding steroid dienone is 11. The zero-order valence-corrected chi connectivity index (χ0v) is 26.9. The molecule has 4 unspecified atom stereocenters. The highest BCUT2D eigenvalue weighted by atomic mass is 16.6. The smallest absolute Gasteiger partial charge is 0.124 e. The van der Waals surface area contributed by atoms with Gasteiger partial charge in [-0.15, -0.1) is 0 Å². The van der Waals surface area contributed by atoms with E-state index in [2.05, 4.69) is 86.9 Å². The largest absolute Gasteiger partial charge is 0.413 e. The van der Waals surface area contributed by atoms with Gasteiger partial charge >= 0.3 is 0 Å². The molecule has 42 heavy (non-hydrogen) atoms. The highest BCUT2D eigenvalue weighted by Gasteiger charge is 2.32. The maximum Gasteiger partial charge on any atom is 0.124 e. The summed E-state index contributed by atoms with van der Waals surface area (Å²) in [5, 5.41) is 0. The molecule has 232 valence electrons. The topological polar surface area (TPSA) is 59.8 Å². The zero-order valence-electron chi connectivity index (χ0n) is 26.9. The van der Waals surface area contributed by atoms with Crippen molar-refractivity contribution in [3.63, 3.8) is 0 Å². The Morgan fingerprint density at radius 2 is 1.88 bits per heavy atom. The highest BCUT2D eigenvalue weighted by Crippen LogP contribution is 2.35. The van der Waals surface area contributed by atoms with Crippen LogP contribution in [0, 0.1) is 11.8 Å². The summed E-state index contributed by atoms with van der Waals surface area (Å²) in [4.78, 5) is 8.51. The predicted molar refractivity (Wildman–Crippen MR) is 176 cm³/mol. The number of hydroxylamine groups is 1. The summed E-state index contributed by atoms with van der Waals surface area (Å²) in [6.07, 6.45) is 32.9. The van der Waals surface area contributed by atoms with Gasteiger partial charge in [-0.1, -0.05) is 67.9 Å². The molecule has 0 aliphatic heterocycles. The van der Waals surface area contributed by atoms with E-state index in [-0.39, 0.29) is 12.1 Å². The number of nitrogens with one attached hydrogen (secondary N) is 1. The van der Waals surface area contributed by atoms with Gasteiger partial charge in [-0.05, 0) is 106 Å². The Hall–Kier alpha value is -2.34.